The van der Waals surface area contributed by atoms with Crippen LogP contribution in [0, 0.1) is 6.92 Å². The van der Waals surface area contributed by atoms with E-state index in [2.05, 4.69) is 10.2 Å². The fraction of sp³-hybridized carbons (Fsp3) is 0.619. The number of hydrogen-bond acceptors (Lipinski definition) is 3. The largest absolute Gasteiger partial charge is 0.349 e. The van der Waals surface area contributed by atoms with E-state index in [0.717, 1.165) is 63.0 Å². The lowest BCUT2D eigenvalue weighted by Crippen LogP contribution is -2.48. The summed E-state index contributed by atoms with van der Waals surface area (Å²) in [5, 5.41) is 3.16. The van der Waals surface area contributed by atoms with Crippen LogP contribution < -0.4 is 5.32 Å². The van der Waals surface area contributed by atoms with Crippen molar-refractivity contribution in [1.82, 2.24) is 15.1 Å². The number of rotatable bonds is 4. The molecule has 26 heavy (non-hydrogen) atoms. The molecule has 1 aromatic rings. The van der Waals surface area contributed by atoms with Crippen LogP contribution in [-0.4, -0.2) is 60.4 Å². The highest BCUT2D eigenvalue weighted by Gasteiger charge is 2.24. The number of carbonyl (C=O) groups is 2. The SMILES string of the molecule is Cc1ccccc1C(=O)NC1CCN(CC(=O)N2CCCCCC2)CC1. The number of aryl methyl sites for hydroxylation is 1. The second-order valence-electron chi connectivity index (χ2n) is 7.63. The molecular weight excluding hydrogens is 326 g/mol. The number of hydrogen-bond donors (Lipinski definition) is 1. The third-order valence-corrected chi connectivity index (χ3v) is 5.63. The topological polar surface area (TPSA) is 52.7 Å². The first-order valence-corrected chi connectivity index (χ1v) is 10.00. The van der Waals surface area contributed by atoms with Gasteiger partial charge in [0.2, 0.25) is 5.91 Å². The van der Waals surface area contributed by atoms with Crippen molar-refractivity contribution in [2.24, 2.45) is 0 Å². The summed E-state index contributed by atoms with van der Waals surface area (Å²) < 4.78 is 0. The molecule has 1 aromatic carbocycles. The van der Waals surface area contributed by atoms with Gasteiger partial charge in [0.25, 0.3) is 5.91 Å². The smallest absolute Gasteiger partial charge is 0.251 e. The molecular formula is C21H31N3O2. The molecule has 2 heterocycles. The van der Waals surface area contributed by atoms with E-state index >= 15 is 0 Å². The first kappa shape index (κ1) is 18.9. The highest BCUT2D eigenvalue weighted by Crippen LogP contribution is 2.14. The van der Waals surface area contributed by atoms with E-state index in [1.54, 1.807) is 0 Å². The number of benzene rings is 1. The van der Waals surface area contributed by atoms with E-state index in [1.807, 2.05) is 36.1 Å². The maximum absolute atomic E-state index is 12.5. The third-order valence-electron chi connectivity index (χ3n) is 5.63. The monoisotopic (exact) mass is 357 g/mol. The Morgan fingerprint density at radius 2 is 1.65 bits per heavy atom. The molecule has 2 fully saturated rings. The van der Waals surface area contributed by atoms with Crippen LogP contribution >= 0.6 is 0 Å². The normalized spacial score (nSPS) is 19.8. The van der Waals surface area contributed by atoms with E-state index < -0.39 is 0 Å². The molecule has 5 heteroatoms. The van der Waals surface area contributed by atoms with Gasteiger partial charge in [0.15, 0.2) is 0 Å². The van der Waals surface area contributed by atoms with Gasteiger partial charge in [-0.25, -0.2) is 0 Å². The van der Waals surface area contributed by atoms with Gasteiger partial charge in [-0.15, -0.1) is 0 Å². The van der Waals surface area contributed by atoms with Gasteiger partial charge in [-0.3, -0.25) is 14.5 Å². The number of piperidine rings is 1. The lowest BCUT2D eigenvalue weighted by molar-refractivity contribution is -0.132. The van der Waals surface area contributed by atoms with E-state index in [9.17, 15) is 9.59 Å². The molecule has 5 nitrogen and oxygen atoms in total. The molecule has 0 saturated carbocycles. The molecule has 2 aliphatic rings. The van der Waals surface area contributed by atoms with Gasteiger partial charge in [-0.1, -0.05) is 31.0 Å². The van der Waals surface area contributed by atoms with Gasteiger partial charge in [-0.05, 0) is 44.2 Å². The van der Waals surface area contributed by atoms with Crippen molar-refractivity contribution < 1.29 is 9.59 Å². The second kappa shape index (κ2) is 9.17. The minimum Gasteiger partial charge on any atom is -0.349 e. The minimum absolute atomic E-state index is 0.0159. The molecule has 0 aromatic heterocycles. The molecule has 3 rings (SSSR count). The van der Waals surface area contributed by atoms with Crippen LogP contribution in [0.1, 0.15) is 54.4 Å². The van der Waals surface area contributed by atoms with E-state index in [1.165, 1.54) is 12.8 Å². The summed E-state index contributed by atoms with van der Waals surface area (Å²) in [5.74, 6) is 0.288. The summed E-state index contributed by atoms with van der Waals surface area (Å²) in [5.41, 5.74) is 1.76. The molecule has 2 saturated heterocycles. The Kier molecular flexibility index (Phi) is 6.67. The van der Waals surface area contributed by atoms with Crippen molar-refractivity contribution >= 4 is 11.8 Å². The summed E-state index contributed by atoms with van der Waals surface area (Å²) in [4.78, 5) is 29.2. The van der Waals surface area contributed by atoms with Crippen LogP contribution in [0.15, 0.2) is 24.3 Å². The molecule has 0 bridgehead atoms. The van der Waals surface area contributed by atoms with Crippen molar-refractivity contribution in [2.45, 2.75) is 51.5 Å². The minimum atomic E-state index is 0.0159. The van der Waals surface area contributed by atoms with E-state index in [4.69, 9.17) is 0 Å². The maximum Gasteiger partial charge on any atom is 0.251 e. The van der Waals surface area contributed by atoms with Crippen molar-refractivity contribution in [3.8, 4) is 0 Å². The predicted molar refractivity (Wildman–Crippen MR) is 103 cm³/mol. The zero-order valence-corrected chi connectivity index (χ0v) is 15.9. The van der Waals surface area contributed by atoms with Gasteiger partial charge in [0, 0.05) is 37.8 Å². The molecule has 1 N–H and O–H groups in total. The zero-order chi connectivity index (χ0) is 18.4. The molecule has 142 valence electrons. The average Bonchev–Trinajstić information content (AvgIpc) is 2.93. The van der Waals surface area contributed by atoms with Crippen molar-refractivity contribution in [1.29, 1.82) is 0 Å². The number of likely N-dealkylation sites (tertiary alicyclic amines) is 2. The standard InChI is InChI=1S/C21H31N3O2/c1-17-8-4-5-9-19(17)21(26)22-18-10-14-23(15-11-18)16-20(25)24-12-6-2-3-7-13-24/h4-5,8-9,18H,2-3,6-7,10-16H2,1H3,(H,22,26). The van der Waals surface area contributed by atoms with Crippen molar-refractivity contribution in [3.05, 3.63) is 35.4 Å². The molecule has 0 atom stereocenters. The van der Waals surface area contributed by atoms with Crippen LogP contribution in [0.25, 0.3) is 0 Å². The summed E-state index contributed by atoms with van der Waals surface area (Å²) in [7, 11) is 0. The highest BCUT2D eigenvalue weighted by atomic mass is 16.2. The molecule has 0 unspecified atom stereocenters. The summed E-state index contributed by atoms with van der Waals surface area (Å²) in [6.45, 7) is 6.07. The van der Waals surface area contributed by atoms with Crippen LogP contribution in [-0.2, 0) is 4.79 Å². The molecule has 2 amide bonds. The highest BCUT2D eigenvalue weighted by molar-refractivity contribution is 5.95. The first-order chi connectivity index (χ1) is 12.6. The Balaban J connectivity index is 1.43. The number of nitrogens with one attached hydrogen (secondary N) is 1. The summed E-state index contributed by atoms with van der Waals surface area (Å²) in [6, 6.07) is 7.89. The van der Waals surface area contributed by atoms with Crippen LogP contribution in [0.2, 0.25) is 0 Å². The van der Waals surface area contributed by atoms with Crippen LogP contribution in [0.5, 0.6) is 0 Å². The van der Waals surface area contributed by atoms with Gasteiger partial charge >= 0.3 is 0 Å². The lowest BCUT2D eigenvalue weighted by Gasteiger charge is -2.33. The second-order valence-corrected chi connectivity index (χ2v) is 7.63. The first-order valence-electron chi connectivity index (χ1n) is 10.00. The van der Waals surface area contributed by atoms with Crippen LogP contribution in [0.4, 0.5) is 0 Å². The zero-order valence-electron chi connectivity index (χ0n) is 15.9. The number of nitrogens with zero attached hydrogens (tertiary/aromatic N) is 2. The molecule has 0 aliphatic carbocycles. The van der Waals surface area contributed by atoms with Crippen molar-refractivity contribution in [3.63, 3.8) is 0 Å². The molecule has 0 spiro atoms. The average molecular weight is 357 g/mol. The number of amides is 2. The van der Waals surface area contributed by atoms with E-state index in [0.29, 0.717) is 6.54 Å². The van der Waals surface area contributed by atoms with Gasteiger partial charge in [0.05, 0.1) is 6.54 Å². The fourth-order valence-electron chi connectivity index (χ4n) is 3.94. The molecule has 0 radical (unpaired) electrons. The van der Waals surface area contributed by atoms with Gasteiger partial charge < -0.3 is 10.2 Å². The Morgan fingerprint density at radius 3 is 2.31 bits per heavy atom. The Hall–Kier alpha value is -1.88. The Bertz CT molecular complexity index is 615. The third kappa shape index (κ3) is 5.07. The Labute approximate surface area is 156 Å². The van der Waals surface area contributed by atoms with Crippen LogP contribution in [0.3, 0.4) is 0 Å². The van der Waals surface area contributed by atoms with Crippen molar-refractivity contribution in [2.75, 3.05) is 32.7 Å². The van der Waals surface area contributed by atoms with E-state index in [-0.39, 0.29) is 17.9 Å². The Morgan fingerprint density at radius 1 is 1.00 bits per heavy atom. The molecule has 2 aliphatic heterocycles. The summed E-state index contributed by atoms with van der Waals surface area (Å²) in [6.07, 6.45) is 6.58. The fourth-order valence-corrected chi connectivity index (χ4v) is 3.94. The predicted octanol–water partition coefficient (Wildman–Crippen LogP) is 2.59. The maximum atomic E-state index is 12.5. The number of carbonyl (C=O) groups excluding carboxylic acids is 2. The van der Waals surface area contributed by atoms with Gasteiger partial charge in [-0.2, -0.15) is 0 Å². The lowest BCUT2D eigenvalue weighted by atomic mass is 10.0. The quantitative estimate of drug-likeness (QED) is 0.901. The van der Waals surface area contributed by atoms with Gasteiger partial charge in [0.1, 0.15) is 0 Å². The summed E-state index contributed by atoms with van der Waals surface area (Å²) >= 11 is 0.